The highest BCUT2D eigenvalue weighted by Gasteiger charge is 2.15. The molecule has 1 N–H and O–H groups in total. The minimum atomic E-state index is 0.0483. The molecular formula is C25H34N2O3. The Bertz CT molecular complexity index is 807. The summed E-state index contributed by atoms with van der Waals surface area (Å²) in [7, 11) is 3.26. The number of nitrogens with zero attached hydrogens (tertiary/aromatic N) is 1. The third kappa shape index (κ3) is 6.77. The van der Waals surface area contributed by atoms with Crippen LogP contribution < -0.4 is 14.8 Å². The second-order valence-electron chi connectivity index (χ2n) is 8.28. The minimum Gasteiger partial charge on any atom is -0.497 e. The first-order valence-corrected chi connectivity index (χ1v) is 10.8. The Hall–Kier alpha value is -2.53. The van der Waals surface area contributed by atoms with Gasteiger partial charge in [-0.1, -0.05) is 31.2 Å². The number of rotatable bonds is 9. The molecule has 1 heterocycles. The van der Waals surface area contributed by atoms with Crippen LogP contribution in [0.2, 0.25) is 0 Å². The summed E-state index contributed by atoms with van der Waals surface area (Å²) >= 11 is 0. The van der Waals surface area contributed by atoms with Gasteiger partial charge in [0, 0.05) is 25.6 Å². The van der Waals surface area contributed by atoms with Crippen molar-refractivity contribution in [2.75, 3.05) is 27.3 Å². The molecule has 5 heteroatoms. The fraction of sp³-hybridized carbons (Fsp3) is 0.480. The molecule has 0 unspecified atom stereocenters. The Kier molecular flexibility index (Phi) is 8.14. The monoisotopic (exact) mass is 410 g/mol. The van der Waals surface area contributed by atoms with Gasteiger partial charge in [0.25, 0.3) is 0 Å². The van der Waals surface area contributed by atoms with Gasteiger partial charge in [0.2, 0.25) is 5.91 Å². The maximum absolute atomic E-state index is 12.3. The number of methoxy groups -OCH3 is 2. The van der Waals surface area contributed by atoms with Crippen LogP contribution in [0.1, 0.15) is 42.9 Å². The zero-order chi connectivity index (χ0) is 21.3. The van der Waals surface area contributed by atoms with Gasteiger partial charge in [-0.25, -0.2) is 0 Å². The fourth-order valence-electron chi connectivity index (χ4n) is 3.87. The first-order chi connectivity index (χ1) is 14.6. The van der Waals surface area contributed by atoms with E-state index in [0.29, 0.717) is 19.4 Å². The number of hydrogen-bond donors (Lipinski definition) is 1. The third-order valence-electron chi connectivity index (χ3n) is 5.82. The number of amides is 1. The van der Waals surface area contributed by atoms with Crippen molar-refractivity contribution in [3.63, 3.8) is 0 Å². The molecular weight excluding hydrogens is 376 g/mol. The molecule has 2 aromatic rings. The Labute approximate surface area is 180 Å². The highest BCUT2D eigenvalue weighted by atomic mass is 16.5. The quantitative estimate of drug-likeness (QED) is 0.674. The van der Waals surface area contributed by atoms with Gasteiger partial charge < -0.3 is 14.8 Å². The van der Waals surface area contributed by atoms with E-state index in [1.807, 2.05) is 18.2 Å². The molecule has 1 aliphatic rings. The number of carbonyl (C=O) groups is 1. The van der Waals surface area contributed by atoms with Gasteiger partial charge in [-0.3, -0.25) is 9.69 Å². The number of aryl methyl sites for hydroxylation is 1. The number of hydrogen-bond acceptors (Lipinski definition) is 4. The van der Waals surface area contributed by atoms with Crippen LogP contribution in [0.5, 0.6) is 11.5 Å². The second-order valence-corrected chi connectivity index (χ2v) is 8.28. The lowest BCUT2D eigenvalue weighted by atomic mass is 9.98. The zero-order valence-electron chi connectivity index (χ0n) is 18.4. The Morgan fingerprint density at radius 3 is 2.33 bits per heavy atom. The average Bonchev–Trinajstić information content (AvgIpc) is 2.77. The van der Waals surface area contributed by atoms with Crippen LogP contribution >= 0.6 is 0 Å². The smallest absolute Gasteiger partial charge is 0.220 e. The van der Waals surface area contributed by atoms with Crippen LogP contribution in [0.15, 0.2) is 42.5 Å². The van der Waals surface area contributed by atoms with Crippen molar-refractivity contribution in [2.45, 2.75) is 45.7 Å². The molecule has 0 aromatic heterocycles. The maximum atomic E-state index is 12.3. The SMILES string of the molecule is COc1cc(CCC(=O)NCc2cccc(CN3CCC(C)CC3)c2)cc(OC)c1. The largest absolute Gasteiger partial charge is 0.497 e. The predicted molar refractivity (Wildman–Crippen MR) is 120 cm³/mol. The van der Waals surface area contributed by atoms with Crippen LogP contribution in [-0.4, -0.2) is 38.1 Å². The van der Waals surface area contributed by atoms with E-state index in [0.717, 1.165) is 35.1 Å². The van der Waals surface area contributed by atoms with E-state index in [4.69, 9.17) is 9.47 Å². The molecule has 0 radical (unpaired) electrons. The number of ether oxygens (including phenoxy) is 2. The van der Waals surface area contributed by atoms with E-state index in [9.17, 15) is 4.79 Å². The first-order valence-electron chi connectivity index (χ1n) is 10.8. The molecule has 1 saturated heterocycles. The summed E-state index contributed by atoms with van der Waals surface area (Å²) in [6.45, 7) is 6.25. The second kappa shape index (κ2) is 11.0. The van der Waals surface area contributed by atoms with E-state index in [1.165, 1.54) is 31.5 Å². The van der Waals surface area contributed by atoms with E-state index in [1.54, 1.807) is 14.2 Å². The van der Waals surface area contributed by atoms with E-state index >= 15 is 0 Å². The molecule has 1 fully saturated rings. The van der Waals surface area contributed by atoms with Crippen molar-refractivity contribution in [3.8, 4) is 11.5 Å². The highest BCUT2D eigenvalue weighted by Crippen LogP contribution is 2.23. The van der Waals surface area contributed by atoms with E-state index in [-0.39, 0.29) is 5.91 Å². The lowest BCUT2D eigenvalue weighted by Gasteiger charge is -2.30. The molecule has 3 rings (SSSR count). The van der Waals surface area contributed by atoms with Crippen LogP contribution in [0.25, 0.3) is 0 Å². The van der Waals surface area contributed by atoms with Crippen molar-refractivity contribution >= 4 is 5.91 Å². The van der Waals surface area contributed by atoms with Crippen molar-refractivity contribution in [2.24, 2.45) is 5.92 Å². The lowest BCUT2D eigenvalue weighted by Crippen LogP contribution is -2.32. The van der Waals surface area contributed by atoms with E-state index < -0.39 is 0 Å². The standard InChI is InChI=1S/C25H34N2O3/c1-19-9-11-27(12-10-19)18-22-6-4-5-21(13-22)17-26-25(28)8-7-20-14-23(29-2)16-24(15-20)30-3/h4-6,13-16,19H,7-12,17-18H2,1-3H3,(H,26,28). The van der Waals surface area contributed by atoms with Gasteiger partial charge in [-0.05, 0) is 67.1 Å². The zero-order valence-corrected chi connectivity index (χ0v) is 18.4. The van der Waals surface area contributed by atoms with Crippen LogP contribution in [-0.2, 0) is 24.3 Å². The van der Waals surface area contributed by atoms with Crippen LogP contribution in [0.3, 0.4) is 0 Å². The molecule has 0 atom stereocenters. The summed E-state index contributed by atoms with van der Waals surface area (Å²) < 4.78 is 10.6. The maximum Gasteiger partial charge on any atom is 0.220 e. The van der Waals surface area contributed by atoms with Gasteiger partial charge in [0.1, 0.15) is 11.5 Å². The number of carbonyl (C=O) groups excluding carboxylic acids is 1. The summed E-state index contributed by atoms with van der Waals surface area (Å²) in [5.41, 5.74) is 3.49. The molecule has 30 heavy (non-hydrogen) atoms. The van der Waals surface area contributed by atoms with Gasteiger partial charge in [-0.15, -0.1) is 0 Å². The summed E-state index contributed by atoms with van der Waals surface area (Å²) in [6, 6.07) is 14.3. The van der Waals surface area contributed by atoms with Crippen molar-refractivity contribution < 1.29 is 14.3 Å². The highest BCUT2D eigenvalue weighted by molar-refractivity contribution is 5.76. The number of benzene rings is 2. The first kappa shape index (κ1) is 22.2. The fourth-order valence-corrected chi connectivity index (χ4v) is 3.87. The van der Waals surface area contributed by atoms with Gasteiger partial charge in [0.15, 0.2) is 0 Å². The van der Waals surface area contributed by atoms with Gasteiger partial charge >= 0.3 is 0 Å². The molecule has 5 nitrogen and oxygen atoms in total. The topological polar surface area (TPSA) is 50.8 Å². The molecule has 0 aliphatic carbocycles. The number of likely N-dealkylation sites (tertiary alicyclic amines) is 1. The Morgan fingerprint density at radius 1 is 1.00 bits per heavy atom. The van der Waals surface area contributed by atoms with Crippen molar-refractivity contribution in [3.05, 3.63) is 59.2 Å². The van der Waals surface area contributed by atoms with Crippen LogP contribution in [0.4, 0.5) is 0 Å². The minimum absolute atomic E-state index is 0.0483. The lowest BCUT2D eigenvalue weighted by molar-refractivity contribution is -0.121. The Morgan fingerprint density at radius 2 is 1.67 bits per heavy atom. The third-order valence-corrected chi connectivity index (χ3v) is 5.82. The van der Waals surface area contributed by atoms with E-state index in [2.05, 4.69) is 41.4 Å². The molecule has 162 valence electrons. The molecule has 2 aromatic carbocycles. The number of nitrogens with one attached hydrogen (secondary N) is 1. The summed E-state index contributed by atoms with van der Waals surface area (Å²) in [4.78, 5) is 14.9. The average molecular weight is 411 g/mol. The van der Waals surface area contributed by atoms with Gasteiger partial charge in [0.05, 0.1) is 14.2 Å². The predicted octanol–water partition coefficient (Wildman–Crippen LogP) is 4.18. The summed E-state index contributed by atoms with van der Waals surface area (Å²) in [5, 5.41) is 3.05. The molecule has 0 bridgehead atoms. The summed E-state index contributed by atoms with van der Waals surface area (Å²) in [5.74, 6) is 2.38. The van der Waals surface area contributed by atoms with Crippen LogP contribution in [0, 0.1) is 5.92 Å². The normalized spacial score (nSPS) is 15.0. The van der Waals surface area contributed by atoms with Crippen molar-refractivity contribution in [1.29, 1.82) is 0 Å². The Balaban J connectivity index is 1.47. The number of piperidine rings is 1. The molecule has 0 saturated carbocycles. The molecule has 1 amide bonds. The molecule has 0 spiro atoms. The van der Waals surface area contributed by atoms with Crippen molar-refractivity contribution in [1.82, 2.24) is 10.2 Å². The van der Waals surface area contributed by atoms with Gasteiger partial charge in [-0.2, -0.15) is 0 Å². The molecule has 1 aliphatic heterocycles. The summed E-state index contributed by atoms with van der Waals surface area (Å²) in [6.07, 6.45) is 3.65.